The Labute approximate surface area is 131 Å². The molecule has 2 N–H and O–H groups in total. The van der Waals surface area contributed by atoms with Crippen LogP contribution in [0.1, 0.15) is 53.4 Å². The maximum absolute atomic E-state index is 12.4. The van der Waals surface area contributed by atoms with E-state index < -0.39 is 10.2 Å². The molecule has 0 bridgehead atoms. The molecule has 1 saturated heterocycles. The molecule has 6 heteroatoms. The van der Waals surface area contributed by atoms with Crippen LogP contribution in [0.3, 0.4) is 0 Å². The first-order valence-corrected chi connectivity index (χ1v) is 9.81. The van der Waals surface area contributed by atoms with Gasteiger partial charge in [0.25, 0.3) is 10.2 Å². The van der Waals surface area contributed by atoms with Crippen molar-refractivity contribution in [3.63, 3.8) is 0 Å². The van der Waals surface area contributed by atoms with Gasteiger partial charge in [0.2, 0.25) is 0 Å². The zero-order chi connectivity index (χ0) is 15.9. The molecule has 0 aromatic carbocycles. The predicted molar refractivity (Wildman–Crippen MR) is 88.4 cm³/mol. The minimum Gasteiger partial charge on any atom is -0.314 e. The Bertz CT molecular complexity index is 380. The first-order chi connectivity index (χ1) is 9.89. The first kappa shape index (κ1) is 18.9. The molecule has 0 saturated carbocycles. The molecule has 0 amide bonds. The molecule has 126 valence electrons. The molecule has 0 radical (unpaired) electrons. The highest BCUT2D eigenvalue weighted by molar-refractivity contribution is 7.87. The summed E-state index contributed by atoms with van der Waals surface area (Å²) in [5, 5.41) is 3.41. The summed E-state index contributed by atoms with van der Waals surface area (Å²) in [5.74, 6) is 0.855. The third kappa shape index (κ3) is 6.63. The average molecular weight is 320 g/mol. The van der Waals surface area contributed by atoms with Gasteiger partial charge < -0.3 is 5.32 Å². The van der Waals surface area contributed by atoms with E-state index in [0.717, 1.165) is 32.2 Å². The van der Waals surface area contributed by atoms with Crippen molar-refractivity contribution in [2.45, 2.75) is 59.4 Å². The highest BCUT2D eigenvalue weighted by Crippen LogP contribution is 2.18. The van der Waals surface area contributed by atoms with Crippen molar-refractivity contribution in [1.82, 2.24) is 14.3 Å². The number of nitrogens with zero attached hydrogens (tertiary/aromatic N) is 1. The molecule has 1 heterocycles. The van der Waals surface area contributed by atoms with E-state index >= 15 is 0 Å². The van der Waals surface area contributed by atoms with Gasteiger partial charge >= 0.3 is 0 Å². The van der Waals surface area contributed by atoms with Crippen molar-refractivity contribution in [3.05, 3.63) is 0 Å². The molecule has 1 fully saturated rings. The van der Waals surface area contributed by atoms with E-state index in [-0.39, 0.29) is 0 Å². The Morgan fingerprint density at radius 2 is 1.90 bits per heavy atom. The SMILES string of the molecule is CCC(CC)CNS(=O)(=O)N1CCCC(CNC(C)C)C1. The quantitative estimate of drug-likeness (QED) is 0.683. The number of hydrogen-bond donors (Lipinski definition) is 2. The second-order valence-electron chi connectivity index (χ2n) is 6.47. The standard InChI is InChI=1S/C15H33N3O2S/c1-5-14(6-2)11-17-21(19,20)18-9-7-8-15(12-18)10-16-13(3)4/h13-17H,5-12H2,1-4H3. The Morgan fingerprint density at radius 1 is 1.24 bits per heavy atom. The van der Waals surface area contributed by atoms with Crippen molar-refractivity contribution >= 4 is 10.2 Å². The fourth-order valence-electron chi connectivity index (χ4n) is 2.71. The lowest BCUT2D eigenvalue weighted by Crippen LogP contribution is -2.48. The van der Waals surface area contributed by atoms with Crippen molar-refractivity contribution in [2.24, 2.45) is 11.8 Å². The lowest BCUT2D eigenvalue weighted by molar-refractivity contribution is 0.253. The van der Waals surface area contributed by atoms with Crippen LogP contribution in [-0.2, 0) is 10.2 Å². The predicted octanol–water partition coefficient (Wildman–Crippen LogP) is 1.97. The van der Waals surface area contributed by atoms with Crippen LogP contribution in [0.2, 0.25) is 0 Å². The number of rotatable bonds is 9. The molecular formula is C15H33N3O2S. The molecule has 1 atom stereocenters. The van der Waals surface area contributed by atoms with Crippen LogP contribution in [0.15, 0.2) is 0 Å². The Kier molecular flexibility index (Phi) is 8.16. The number of hydrogen-bond acceptors (Lipinski definition) is 3. The topological polar surface area (TPSA) is 61.4 Å². The number of piperidine rings is 1. The van der Waals surface area contributed by atoms with E-state index in [4.69, 9.17) is 0 Å². The second kappa shape index (κ2) is 9.08. The third-order valence-electron chi connectivity index (χ3n) is 4.35. The highest BCUT2D eigenvalue weighted by Gasteiger charge is 2.28. The summed E-state index contributed by atoms with van der Waals surface area (Å²) in [4.78, 5) is 0. The largest absolute Gasteiger partial charge is 0.314 e. The van der Waals surface area contributed by atoms with E-state index in [0.29, 0.717) is 37.5 Å². The van der Waals surface area contributed by atoms with Gasteiger partial charge in [-0.3, -0.25) is 0 Å². The van der Waals surface area contributed by atoms with Gasteiger partial charge in [-0.15, -0.1) is 0 Å². The van der Waals surface area contributed by atoms with Crippen molar-refractivity contribution < 1.29 is 8.42 Å². The molecule has 0 aromatic heterocycles. The van der Waals surface area contributed by atoms with Gasteiger partial charge in [-0.2, -0.15) is 12.7 Å². The van der Waals surface area contributed by atoms with Gasteiger partial charge in [-0.25, -0.2) is 4.72 Å². The smallest absolute Gasteiger partial charge is 0.279 e. The minimum absolute atomic E-state index is 0.422. The van der Waals surface area contributed by atoms with Crippen LogP contribution in [0.25, 0.3) is 0 Å². The summed E-state index contributed by atoms with van der Waals surface area (Å²) in [7, 11) is -3.31. The van der Waals surface area contributed by atoms with Crippen molar-refractivity contribution in [3.8, 4) is 0 Å². The van der Waals surface area contributed by atoms with Gasteiger partial charge in [0.1, 0.15) is 0 Å². The van der Waals surface area contributed by atoms with Crippen LogP contribution in [-0.4, -0.2) is 44.9 Å². The van der Waals surface area contributed by atoms with E-state index in [2.05, 4.69) is 37.7 Å². The van der Waals surface area contributed by atoms with Gasteiger partial charge in [0.15, 0.2) is 0 Å². The minimum atomic E-state index is -3.31. The van der Waals surface area contributed by atoms with E-state index in [1.807, 2.05) is 0 Å². The monoisotopic (exact) mass is 319 g/mol. The maximum Gasteiger partial charge on any atom is 0.279 e. The molecule has 5 nitrogen and oxygen atoms in total. The highest BCUT2D eigenvalue weighted by atomic mass is 32.2. The Morgan fingerprint density at radius 3 is 2.48 bits per heavy atom. The van der Waals surface area contributed by atoms with Gasteiger partial charge in [-0.1, -0.05) is 40.5 Å². The lowest BCUT2D eigenvalue weighted by Gasteiger charge is -2.32. The van der Waals surface area contributed by atoms with Crippen LogP contribution < -0.4 is 10.0 Å². The van der Waals surface area contributed by atoms with Crippen LogP contribution in [0.4, 0.5) is 0 Å². The second-order valence-corrected chi connectivity index (χ2v) is 8.22. The summed E-state index contributed by atoms with van der Waals surface area (Å²) in [6, 6.07) is 0.449. The molecule has 0 spiro atoms. The summed E-state index contributed by atoms with van der Waals surface area (Å²) >= 11 is 0. The number of nitrogens with one attached hydrogen (secondary N) is 2. The van der Waals surface area contributed by atoms with Gasteiger partial charge in [0.05, 0.1) is 0 Å². The molecule has 1 rings (SSSR count). The average Bonchev–Trinajstić information content (AvgIpc) is 2.46. The zero-order valence-corrected chi connectivity index (χ0v) is 14.9. The Hall–Kier alpha value is -0.170. The van der Waals surface area contributed by atoms with E-state index in [1.54, 1.807) is 4.31 Å². The van der Waals surface area contributed by atoms with E-state index in [1.165, 1.54) is 0 Å². The van der Waals surface area contributed by atoms with Crippen LogP contribution in [0.5, 0.6) is 0 Å². The summed E-state index contributed by atoms with van der Waals surface area (Å²) in [5.41, 5.74) is 0. The van der Waals surface area contributed by atoms with Gasteiger partial charge in [0, 0.05) is 25.7 Å². The Balaban J connectivity index is 2.49. The first-order valence-electron chi connectivity index (χ1n) is 8.37. The van der Waals surface area contributed by atoms with Crippen molar-refractivity contribution in [2.75, 3.05) is 26.2 Å². The van der Waals surface area contributed by atoms with Crippen LogP contribution in [0, 0.1) is 11.8 Å². The molecule has 21 heavy (non-hydrogen) atoms. The normalized spacial score (nSPS) is 21.3. The summed E-state index contributed by atoms with van der Waals surface area (Å²) < 4.78 is 29.2. The maximum atomic E-state index is 12.4. The molecule has 1 aliphatic rings. The molecule has 0 aliphatic carbocycles. The zero-order valence-electron chi connectivity index (χ0n) is 14.1. The fourth-order valence-corrected chi connectivity index (χ4v) is 4.11. The fraction of sp³-hybridized carbons (Fsp3) is 1.00. The van der Waals surface area contributed by atoms with Gasteiger partial charge in [-0.05, 0) is 31.2 Å². The lowest BCUT2D eigenvalue weighted by atomic mass is 9.99. The molecular weight excluding hydrogens is 286 g/mol. The molecule has 0 aromatic rings. The van der Waals surface area contributed by atoms with E-state index in [9.17, 15) is 8.42 Å². The summed E-state index contributed by atoms with van der Waals surface area (Å²) in [6.07, 6.45) is 4.09. The molecule has 1 unspecified atom stereocenters. The molecule has 1 aliphatic heterocycles. The van der Waals surface area contributed by atoms with Crippen LogP contribution >= 0.6 is 0 Å². The van der Waals surface area contributed by atoms with Crippen molar-refractivity contribution in [1.29, 1.82) is 0 Å². The summed E-state index contributed by atoms with van der Waals surface area (Å²) in [6.45, 7) is 11.2. The third-order valence-corrected chi connectivity index (χ3v) is 5.89.